The highest BCUT2D eigenvalue weighted by atomic mass is 32.2. The fourth-order valence-electron chi connectivity index (χ4n) is 2.77. The van der Waals surface area contributed by atoms with Gasteiger partial charge in [0.2, 0.25) is 5.91 Å². The molecule has 0 aliphatic heterocycles. The lowest BCUT2D eigenvalue weighted by Crippen LogP contribution is -2.14. The molecule has 3 aromatic rings. The monoisotopic (exact) mass is 361 g/mol. The van der Waals surface area contributed by atoms with Gasteiger partial charge in [-0.25, -0.2) is 4.98 Å². The maximum Gasteiger partial charge on any atom is 0.234 e. The van der Waals surface area contributed by atoms with Crippen molar-refractivity contribution in [3.8, 4) is 6.07 Å². The lowest BCUT2D eigenvalue weighted by atomic mass is 10.1. The van der Waals surface area contributed by atoms with Gasteiger partial charge in [-0.05, 0) is 56.2 Å². The first-order valence-electron chi connectivity index (χ1n) is 8.27. The standard InChI is InChI=1S/C21H19N3OS/c1-13-4-6-17(7-5-13)23-20(25)12-26-21-16(11-22)10-18-15(3)8-14(2)9-19(18)24-21/h4-10H,12H2,1-3H3,(H,23,25). The minimum absolute atomic E-state index is 0.120. The molecule has 26 heavy (non-hydrogen) atoms. The van der Waals surface area contributed by atoms with Crippen LogP contribution in [0.15, 0.2) is 47.5 Å². The van der Waals surface area contributed by atoms with Gasteiger partial charge in [0.05, 0.1) is 16.8 Å². The molecular weight excluding hydrogens is 342 g/mol. The number of nitrogens with one attached hydrogen (secondary N) is 1. The first kappa shape index (κ1) is 18.0. The van der Waals surface area contributed by atoms with E-state index in [2.05, 4.69) is 22.4 Å². The normalized spacial score (nSPS) is 10.5. The molecule has 2 aromatic carbocycles. The van der Waals surface area contributed by atoms with E-state index in [4.69, 9.17) is 0 Å². The Labute approximate surface area is 157 Å². The third-order valence-electron chi connectivity index (χ3n) is 4.05. The summed E-state index contributed by atoms with van der Waals surface area (Å²) in [6, 6.07) is 15.8. The third-order valence-corrected chi connectivity index (χ3v) is 5.04. The van der Waals surface area contributed by atoms with E-state index in [1.807, 2.05) is 57.2 Å². The van der Waals surface area contributed by atoms with E-state index in [1.165, 1.54) is 11.8 Å². The topological polar surface area (TPSA) is 65.8 Å². The van der Waals surface area contributed by atoms with Crippen LogP contribution in [-0.2, 0) is 4.79 Å². The van der Waals surface area contributed by atoms with Crippen molar-refractivity contribution in [2.75, 3.05) is 11.1 Å². The van der Waals surface area contributed by atoms with Crippen LogP contribution in [0.1, 0.15) is 22.3 Å². The second-order valence-corrected chi connectivity index (χ2v) is 7.27. The average molecular weight is 361 g/mol. The zero-order valence-electron chi connectivity index (χ0n) is 15.0. The smallest absolute Gasteiger partial charge is 0.234 e. The minimum atomic E-state index is -0.120. The Kier molecular flexibility index (Phi) is 5.24. The average Bonchev–Trinajstić information content (AvgIpc) is 2.61. The summed E-state index contributed by atoms with van der Waals surface area (Å²) in [5.74, 6) is 0.0799. The van der Waals surface area contributed by atoms with Gasteiger partial charge in [0.25, 0.3) is 0 Å². The second kappa shape index (κ2) is 7.59. The van der Waals surface area contributed by atoms with Gasteiger partial charge in [-0.1, -0.05) is 35.5 Å². The van der Waals surface area contributed by atoms with E-state index in [-0.39, 0.29) is 11.7 Å². The van der Waals surface area contributed by atoms with Gasteiger partial charge in [-0.3, -0.25) is 4.79 Å². The van der Waals surface area contributed by atoms with Crippen LogP contribution in [0.25, 0.3) is 10.9 Å². The van der Waals surface area contributed by atoms with E-state index in [0.717, 1.165) is 33.3 Å². The summed E-state index contributed by atoms with van der Waals surface area (Å²) in [4.78, 5) is 16.8. The summed E-state index contributed by atoms with van der Waals surface area (Å²) in [5, 5.41) is 13.9. The van der Waals surface area contributed by atoms with Crippen LogP contribution in [0.2, 0.25) is 0 Å². The molecule has 0 saturated carbocycles. The zero-order valence-corrected chi connectivity index (χ0v) is 15.8. The predicted octanol–water partition coefficient (Wildman–Crippen LogP) is 4.76. The number of rotatable bonds is 4. The van der Waals surface area contributed by atoms with Gasteiger partial charge >= 0.3 is 0 Å². The number of hydrogen-bond donors (Lipinski definition) is 1. The van der Waals surface area contributed by atoms with Crippen LogP contribution in [-0.4, -0.2) is 16.6 Å². The maximum atomic E-state index is 12.2. The zero-order chi connectivity index (χ0) is 18.7. The number of aromatic nitrogens is 1. The lowest BCUT2D eigenvalue weighted by molar-refractivity contribution is -0.113. The number of amides is 1. The van der Waals surface area contributed by atoms with Gasteiger partial charge < -0.3 is 5.32 Å². The van der Waals surface area contributed by atoms with Gasteiger partial charge in [-0.15, -0.1) is 0 Å². The number of fused-ring (bicyclic) bond motifs is 1. The van der Waals surface area contributed by atoms with Crippen molar-refractivity contribution in [3.05, 3.63) is 64.7 Å². The molecule has 0 radical (unpaired) electrons. The van der Waals surface area contributed by atoms with Crippen molar-refractivity contribution in [1.82, 2.24) is 4.98 Å². The Morgan fingerprint density at radius 1 is 1.12 bits per heavy atom. The van der Waals surface area contributed by atoms with Crippen LogP contribution in [0.5, 0.6) is 0 Å². The summed E-state index contributed by atoms with van der Waals surface area (Å²) >= 11 is 1.28. The molecule has 130 valence electrons. The molecule has 0 fully saturated rings. The Morgan fingerprint density at radius 3 is 2.54 bits per heavy atom. The van der Waals surface area contributed by atoms with E-state index in [0.29, 0.717) is 10.6 Å². The Morgan fingerprint density at radius 2 is 1.85 bits per heavy atom. The molecule has 1 aromatic heterocycles. The van der Waals surface area contributed by atoms with Gasteiger partial charge in [0.15, 0.2) is 0 Å². The fraction of sp³-hybridized carbons (Fsp3) is 0.190. The summed E-state index contributed by atoms with van der Waals surface area (Å²) < 4.78 is 0. The van der Waals surface area contributed by atoms with Crippen molar-refractivity contribution in [2.45, 2.75) is 25.8 Å². The summed E-state index contributed by atoms with van der Waals surface area (Å²) in [7, 11) is 0. The second-order valence-electron chi connectivity index (χ2n) is 6.30. The van der Waals surface area contributed by atoms with E-state index in [9.17, 15) is 10.1 Å². The molecule has 1 amide bonds. The number of benzene rings is 2. The molecule has 0 unspecified atom stereocenters. The molecule has 3 rings (SSSR count). The summed E-state index contributed by atoms with van der Waals surface area (Å²) in [6.45, 7) is 6.04. The number of carbonyl (C=O) groups is 1. The van der Waals surface area contributed by atoms with Crippen molar-refractivity contribution < 1.29 is 4.79 Å². The van der Waals surface area contributed by atoms with Crippen LogP contribution in [0.3, 0.4) is 0 Å². The SMILES string of the molecule is Cc1ccc(NC(=O)CSc2nc3cc(C)cc(C)c3cc2C#N)cc1. The number of thioether (sulfide) groups is 1. The number of anilines is 1. The van der Waals surface area contributed by atoms with Gasteiger partial charge in [0.1, 0.15) is 11.1 Å². The van der Waals surface area contributed by atoms with Crippen LogP contribution in [0.4, 0.5) is 5.69 Å². The highest BCUT2D eigenvalue weighted by molar-refractivity contribution is 8.00. The first-order chi connectivity index (χ1) is 12.5. The number of aryl methyl sites for hydroxylation is 3. The summed E-state index contributed by atoms with van der Waals surface area (Å²) in [5.41, 5.74) is 5.47. The first-order valence-corrected chi connectivity index (χ1v) is 9.26. The van der Waals surface area contributed by atoms with Crippen LogP contribution in [0, 0.1) is 32.1 Å². The van der Waals surface area contributed by atoms with Gasteiger partial charge in [-0.2, -0.15) is 5.26 Å². The largest absolute Gasteiger partial charge is 0.325 e. The number of pyridine rings is 1. The molecule has 4 nitrogen and oxygen atoms in total. The Bertz CT molecular complexity index is 1020. The molecule has 0 bridgehead atoms. The quantitative estimate of drug-likeness (QED) is 0.680. The number of hydrogen-bond acceptors (Lipinski definition) is 4. The lowest BCUT2D eigenvalue weighted by Gasteiger charge is -2.09. The molecule has 5 heteroatoms. The molecule has 1 heterocycles. The molecule has 0 saturated heterocycles. The van der Waals surface area contributed by atoms with E-state index < -0.39 is 0 Å². The van der Waals surface area contributed by atoms with Crippen LogP contribution < -0.4 is 5.32 Å². The highest BCUT2D eigenvalue weighted by Crippen LogP contribution is 2.27. The van der Waals surface area contributed by atoms with E-state index >= 15 is 0 Å². The molecule has 0 aliphatic carbocycles. The minimum Gasteiger partial charge on any atom is -0.325 e. The van der Waals surface area contributed by atoms with Crippen LogP contribution >= 0.6 is 11.8 Å². The molecule has 0 spiro atoms. The molecule has 0 aliphatic rings. The number of nitrogens with zero attached hydrogens (tertiary/aromatic N) is 2. The summed E-state index contributed by atoms with van der Waals surface area (Å²) in [6.07, 6.45) is 0. The highest BCUT2D eigenvalue weighted by Gasteiger charge is 2.12. The number of carbonyl (C=O) groups excluding carboxylic acids is 1. The third kappa shape index (κ3) is 4.04. The molecule has 1 N–H and O–H groups in total. The Hall–Kier alpha value is -2.84. The van der Waals surface area contributed by atoms with Crippen molar-refractivity contribution >= 4 is 34.3 Å². The maximum absolute atomic E-state index is 12.2. The van der Waals surface area contributed by atoms with Gasteiger partial charge in [0, 0.05) is 11.1 Å². The van der Waals surface area contributed by atoms with E-state index in [1.54, 1.807) is 0 Å². The fourth-order valence-corrected chi connectivity index (χ4v) is 3.53. The predicted molar refractivity (Wildman–Crippen MR) is 106 cm³/mol. The number of nitriles is 1. The molecular formula is C21H19N3OS. The van der Waals surface area contributed by atoms with Crippen molar-refractivity contribution in [1.29, 1.82) is 5.26 Å². The van der Waals surface area contributed by atoms with Crippen molar-refractivity contribution in [2.24, 2.45) is 0 Å². The van der Waals surface area contributed by atoms with Crippen molar-refractivity contribution in [3.63, 3.8) is 0 Å². The molecule has 0 atom stereocenters. The Balaban J connectivity index is 1.78.